The lowest BCUT2D eigenvalue weighted by molar-refractivity contribution is 0.534. The summed E-state index contributed by atoms with van der Waals surface area (Å²) in [6.45, 7) is 6.08. The molecule has 0 aliphatic carbocycles. The molecule has 0 atom stereocenters. The molecule has 1 heterocycles. The maximum absolute atomic E-state index is 5.76. The van der Waals surface area contributed by atoms with E-state index in [4.69, 9.17) is 5.73 Å². The van der Waals surface area contributed by atoms with Gasteiger partial charge in [0, 0.05) is 19.5 Å². The van der Waals surface area contributed by atoms with E-state index in [-0.39, 0.29) is 5.41 Å². The van der Waals surface area contributed by atoms with E-state index in [0.717, 1.165) is 0 Å². The van der Waals surface area contributed by atoms with Crippen LogP contribution in [0.15, 0.2) is 0 Å². The molecule has 0 aromatic carbocycles. The number of rotatable bonds is 1. The van der Waals surface area contributed by atoms with Crippen molar-refractivity contribution < 1.29 is 0 Å². The van der Waals surface area contributed by atoms with Crippen LogP contribution in [0, 0.1) is 0 Å². The molecule has 0 bridgehead atoms. The molecule has 1 aromatic heterocycles. The van der Waals surface area contributed by atoms with Crippen molar-refractivity contribution >= 4 is 11.6 Å². The fraction of sp³-hybridized carbons (Fsp3) is 0.667. The smallest absolute Gasteiger partial charge is 0.193 e. The zero-order chi connectivity index (χ0) is 10.9. The molecule has 5 nitrogen and oxygen atoms in total. The molecule has 0 spiro atoms. The Bertz CT molecular complexity index is 326. The molecule has 0 amide bonds. The standard InChI is InChI=1S/C9H17N5/c1-9(2,3)8-11-6(10)7(12-13-8)14(4)5/h1-5H3,(H2,10,11,13). The van der Waals surface area contributed by atoms with Gasteiger partial charge in [0.1, 0.15) is 0 Å². The van der Waals surface area contributed by atoms with Crippen LogP contribution >= 0.6 is 0 Å². The van der Waals surface area contributed by atoms with Crippen LogP contribution in [0.25, 0.3) is 0 Å². The van der Waals surface area contributed by atoms with Gasteiger partial charge < -0.3 is 10.6 Å². The van der Waals surface area contributed by atoms with Gasteiger partial charge in [0.25, 0.3) is 0 Å². The lowest BCUT2D eigenvalue weighted by Gasteiger charge is -2.18. The number of aromatic nitrogens is 3. The highest BCUT2D eigenvalue weighted by Crippen LogP contribution is 2.21. The Labute approximate surface area is 84.3 Å². The molecular formula is C9H17N5. The zero-order valence-electron chi connectivity index (χ0n) is 9.37. The highest BCUT2D eigenvalue weighted by molar-refractivity contribution is 5.55. The molecule has 0 saturated carbocycles. The average Bonchev–Trinajstić information content (AvgIpc) is 2.01. The van der Waals surface area contributed by atoms with E-state index in [9.17, 15) is 0 Å². The predicted molar refractivity (Wildman–Crippen MR) is 57.3 cm³/mol. The molecule has 5 heteroatoms. The molecule has 14 heavy (non-hydrogen) atoms. The van der Waals surface area contributed by atoms with E-state index < -0.39 is 0 Å². The molecule has 0 aliphatic rings. The van der Waals surface area contributed by atoms with Crippen molar-refractivity contribution in [2.45, 2.75) is 26.2 Å². The van der Waals surface area contributed by atoms with E-state index in [0.29, 0.717) is 17.5 Å². The Morgan fingerprint density at radius 1 is 1.14 bits per heavy atom. The Balaban J connectivity index is 3.13. The Hall–Kier alpha value is -1.39. The largest absolute Gasteiger partial charge is 0.381 e. The van der Waals surface area contributed by atoms with Crippen molar-refractivity contribution in [1.29, 1.82) is 0 Å². The van der Waals surface area contributed by atoms with Gasteiger partial charge in [0.05, 0.1) is 0 Å². The van der Waals surface area contributed by atoms with E-state index in [1.807, 2.05) is 34.9 Å². The molecule has 0 fully saturated rings. The van der Waals surface area contributed by atoms with Crippen molar-refractivity contribution in [3.05, 3.63) is 5.82 Å². The van der Waals surface area contributed by atoms with Gasteiger partial charge in [0.15, 0.2) is 17.5 Å². The quantitative estimate of drug-likeness (QED) is 0.718. The third kappa shape index (κ3) is 2.10. The van der Waals surface area contributed by atoms with Gasteiger partial charge in [-0.1, -0.05) is 20.8 Å². The topological polar surface area (TPSA) is 67.9 Å². The minimum Gasteiger partial charge on any atom is -0.381 e. The third-order valence-electron chi connectivity index (χ3n) is 1.79. The summed E-state index contributed by atoms with van der Waals surface area (Å²) < 4.78 is 0. The summed E-state index contributed by atoms with van der Waals surface area (Å²) in [5.74, 6) is 1.70. The van der Waals surface area contributed by atoms with Gasteiger partial charge in [-0.05, 0) is 0 Å². The highest BCUT2D eigenvalue weighted by Gasteiger charge is 2.19. The first-order valence-corrected chi connectivity index (χ1v) is 4.50. The second-order valence-electron chi connectivity index (χ2n) is 4.49. The number of anilines is 2. The molecule has 2 N–H and O–H groups in total. The summed E-state index contributed by atoms with van der Waals surface area (Å²) >= 11 is 0. The molecule has 0 saturated heterocycles. The van der Waals surface area contributed by atoms with Crippen molar-refractivity contribution in [2.75, 3.05) is 24.7 Å². The minimum atomic E-state index is -0.119. The summed E-state index contributed by atoms with van der Waals surface area (Å²) in [7, 11) is 3.72. The lowest BCUT2D eigenvalue weighted by Crippen LogP contribution is -2.21. The second kappa shape index (κ2) is 3.40. The van der Waals surface area contributed by atoms with Crippen molar-refractivity contribution in [2.24, 2.45) is 0 Å². The number of nitrogens with two attached hydrogens (primary N) is 1. The Kier molecular flexibility index (Phi) is 2.59. The molecule has 0 unspecified atom stereocenters. The van der Waals surface area contributed by atoms with Gasteiger partial charge >= 0.3 is 0 Å². The van der Waals surface area contributed by atoms with Crippen LogP contribution in [0.4, 0.5) is 11.6 Å². The van der Waals surface area contributed by atoms with Gasteiger partial charge in [0.2, 0.25) is 0 Å². The van der Waals surface area contributed by atoms with Crippen LogP contribution in [0.5, 0.6) is 0 Å². The molecule has 1 rings (SSSR count). The number of nitrogen functional groups attached to an aromatic ring is 1. The van der Waals surface area contributed by atoms with E-state index >= 15 is 0 Å². The fourth-order valence-corrected chi connectivity index (χ4v) is 0.969. The number of hydrogen-bond acceptors (Lipinski definition) is 5. The maximum atomic E-state index is 5.76. The van der Waals surface area contributed by atoms with E-state index in [1.165, 1.54) is 0 Å². The van der Waals surface area contributed by atoms with Crippen LogP contribution in [0.3, 0.4) is 0 Å². The lowest BCUT2D eigenvalue weighted by atomic mass is 9.96. The van der Waals surface area contributed by atoms with Gasteiger partial charge in [-0.15, -0.1) is 10.2 Å². The normalized spacial score (nSPS) is 11.5. The zero-order valence-corrected chi connectivity index (χ0v) is 9.37. The third-order valence-corrected chi connectivity index (χ3v) is 1.79. The molecular weight excluding hydrogens is 178 g/mol. The number of nitrogens with zero attached hydrogens (tertiary/aromatic N) is 4. The summed E-state index contributed by atoms with van der Waals surface area (Å²) in [6, 6.07) is 0. The molecule has 0 aliphatic heterocycles. The Morgan fingerprint density at radius 2 is 1.71 bits per heavy atom. The summed E-state index contributed by atoms with van der Waals surface area (Å²) in [5.41, 5.74) is 5.64. The maximum Gasteiger partial charge on any atom is 0.193 e. The first-order valence-electron chi connectivity index (χ1n) is 4.50. The van der Waals surface area contributed by atoms with Crippen LogP contribution < -0.4 is 10.6 Å². The van der Waals surface area contributed by atoms with Crippen molar-refractivity contribution in [1.82, 2.24) is 15.2 Å². The first kappa shape index (κ1) is 10.7. The minimum absolute atomic E-state index is 0.119. The van der Waals surface area contributed by atoms with Gasteiger partial charge in [-0.3, -0.25) is 0 Å². The monoisotopic (exact) mass is 195 g/mol. The summed E-state index contributed by atoms with van der Waals surface area (Å²) in [4.78, 5) is 6.02. The fourth-order valence-electron chi connectivity index (χ4n) is 0.969. The average molecular weight is 195 g/mol. The van der Waals surface area contributed by atoms with E-state index in [1.54, 1.807) is 4.90 Å². The highest BCUT2D eigenvalue weighted by atomic mass is 15.3. The summed E-state index contributed by atoms with van der Waals surface area (Å²) in [6.07, 6.45) is 0. The van der Waals surface area contributed by atoms with Crippen LogP contribution in [0.2, 0.25) is 0 Å². The van der Waals surface area contributed by atoms with Crippen LogP contribution in [-0.4, -0.2) is 29.3 Å². The molecule has 1 aromatic rings. The second-order valence-corrected chi connectivity index (χ2v) is 4.49. The SMILES string of the molecule is CN(C)c1nnc(C(C)(C)C)nc1N. The Morgan fingerprint density at radius 3 is 2.07 bits per heavy atom. The van der Waals surface area contributed by atoms with Crippen molar-refractivity contribution in [3.8, 4) is 0 Å². The van der Waals surface area contributed by atoms with Crippen LogP contribution in [-0.2, 0) is 5.41 Å². The van der Waals surface area contributed by atoms with Gasteiger partial charge in [-0.25, -0.2) is 4.98 Å². The van der Waals surface area contributed by atoms with Gasteiger partial charge in [-0.2, -0.15) is 0 Å². The van der Waals surface area contributed by atoms with E-state index in [2.05, 4.69) is 15.2 Å². The van der Waals surface area contributed by atoms with Crippen LogP contribution in [0.1, 0.15) is 26.6 Å². The first-order chi connectivity index (χ1) is 6.32. The molecule has 0 radical (unpaired) electrons. The molecule has 78 valence electrons. The summed E-state index contributed by atoms with van der Waals surface area (Å²) in [5, 5.41) is 8.08. The predicted octanol–water partition coefficient (Wildman–Crippen LogP) is 0.817. The number of hydrogen-bond donors (Lipinski definition) is 1. The van der Waals surface area contributed by atoms with Crippen molar-refractivity contribution in [3.63, 3.8) is 0 Å².